The van der Waals surface area contributed by atoms with Crippen molar-refractivity contribution in [3.63, 3.8) is 0 Å². The van der Waals surface area contributed by atoms with E-state index in [1.165, 1.54) is 26.4 Å². The first-order valence-electron chi connectivity index (χ1n) is 5.17. The van der Waals surface area contributed by atoms with Crippen molar-refractivity contribution < 1.29 is 22.7 Å². The number of carbonyl (C=O) groups excluding carboxylic acids is 1. The van der Waals surface area contributed by atoms with Crippen molar-refractivity contribution in [2.24, 2.45) is 0 Å². The molecular formula is C11H14ClNO5S. The molecule has 0 aliphatic heterocycles. The Labute approximate surface area is 116 Å². The number of nitrogens with zero attached hydrogens (tertiary/aromatic N) is 1. The average Bonchev–Trinajstić information content (AvgIpc) is 2.34. The number of esters is 1. The van der Waals surface area contributed by atoms with Crippen LogP contribution >= 0.6 is 11.6 Å². The van der Waals surface area contributed by atoms with E-state index < -0.39 is 22.5 Å². The van der Waals surface area contributed by atoms with Crippen LogP contribution in [0.1, 0.15) is 0 Å². The molecule has 0 fully saturated rings. The zero-order valence-electron chi connectivity index (χ0n) is 10.7. The molecule has 0 saturated heterocycles. The van der Waals surface area contributed by atoms with E-state index in [-0.39, 0.29) is 5.69 Å². The first-order valence-corrected chi connectivity index (χ1v) is 7.40. The second kappa shape index (κ2) is 6.12. The van der Waals surface area contributed by atoms with Gasteiger partial charge in [0, 0.05) is 5.02 Å². The maximum Gasteiger partial charge on any atom is 0.326 e. The van der Waals surface area contributed by atoms with Crippen LogP contribution in [0.2, 0.25) is 5.02 Å². The Morgan fingerprint density at radius 3 is 2.47 bits per heavy atom. The summed E-state index contributed by atoms with van der Waals surface area (Å²) in [7, 11) is -1.11. The van der Waals surface area contributed by atoms with E-state index in [1.807, 2.05) is 0 Å². The lowest BCUT2D eigenvalue weighted by Gasteiger charge is -2.23. The summed E-state index contributed by atoms with van der Waals surface area (Å²) in [5, 5.41) is 0.328. The zero-order chi connectivity index (χ0) is 14.6. The summed E-state index contributed by atoms with van der Waals surface area (Å²) < 4.78 is 34.0. The number of carbonyl (C=O) groups is 1. The van der Waals surface area contributed by atoms with Gasteiger partial charge in [-0.15, -0.1) is 0 Å². The SMILES string of the molecule is COC(=O)CN(c1cc(Cl)ccc1OC)S(C)(=O)=O. The first kappa shape index (κ1) is 15.6. The minimum Gasteiger partial charge on any atom is -0.495 e. The summed E-state index contributed by atoms with van der Waals surface area (Å²) in [5.41, 5.74) is 0.183. The predicted octanol–water partition coefficient (Wildman–Crippen LogP) is 1.29. The molecule has 19 heavy (non-hydrogen) atoms. The van der Waals surface area contributed by atoms with Crippen molar-refractivity contribution in [2.75, 3.05) is 31.3 Å². The smallest absolute Gasteiger partial charge is 0.326 e. The van der Waals surface area contributed by atoms with Crippen LogP contribution in [0.15, 0.2) is 18.2 Å². The van der Waals surface area contributed by atoms with Gasteiger partial charge in [0.1, 0.15) is 12.3 Å². The van der Waals surface area contributed by atoms with Gasteiger partial charge >= 0.3 is 5.97 Å². The maximum atomic E-state index is 11.8. The second-order valence-corrected chi connectivity index (χ2v) is 6.01. The molecule has 1 rings (SSSR count). The van der Waals surface area contributed by atoms with E-state index in [2.05, 4.69) is 4.74 Å². The van der Waals surface area contributed by atoms with Crippen molar-refractivity contribution in [1.82, 2.24) is 0 Å². The monoisotopic (exact) mass is 307 g/mol. The van der Waals surface area contributed by atoms with Gasteiger partial charge in [-0.2, -0.15) is 0 Å². The number of anilines is 1. The van der Waals surface area contributed by atoms with Crippen LogP contribution in [0.3, 0.4) is 0 Å². The topological polar surface area (TPSA) is 72.9 Å². The summed E-state index contributed by atoms with van der Waals surface area (Å²) in [6.45, 7) is -0.452. The fraction of sp³-hybridized carbons (Fsp3) is 0.364. The van der Waals surface area contributed by atoms with Crippen molar-refractivity contribution in [2.45, 2.75) is 0 Å². The molecule has 0 bridgehead atoms. The van der Waals surface area contributed by atoms with Gasteiger partial charge in [-0.25, -0.2) is 8.42 Å². The molecule has 0 radical (unpaired) electrons. The van der Waals surface area contributed by atoms with E-state index in [4.69, 9.17) is 16.3 Å². The van der Waals surface area contributed by atoms with Crippen LogP contribution in [0.4, 0.5) is 5.69 Å². The average molecular weight is 308 g/mol. The van der Waals surface area contributed by atoms with Crippen LogP contribution in [-0.2, 0) is 19.6 Å². The third-order valence-corrected chi connectivity index (χ3v) is 3.67. The lowest BCUT2D eigenvalue weighted by atomic mass is 10.3. The predicted molar refractivity (Wildman–Crippen MR) is 72.2 cm³/mol. The summed E-state index contributed by atoms with van der Waals surface area (Å²) in [4.78, 5) is 11.3. The highest BCUT2D eigenvalue weighted by atomic mass is 35.5. The largest absolute Gasteiger partial charge is 0.495 e. The molecule has 0 aliphatic rings. The number of halogens is 1. The fourth-order valence-electron chi connectivity index (χ4n) is 1.42. The maximum absolute atomic E-state index is 11.8. The molecule has 1 aromatic carbocycles. The second-order valence-electron chi connectivity index (χ2n) is 3.66. The molecule has 0 aliphatic carbocycles. The molecular weight excluding hydrogens is 294 g/mol. The Morgan fingerprint density at radius 2 is 2.00 bits per heavy atom. The number of methoxy groups -OCH3 is 2. The molecule has 0 amide bonds. The van der Waals surface area contributed by atoms with E-state index in [1.54, 1.807) is 6.07 Å². The molecule has 8 heteroatoms. The quantitative estimate of drug-likeness (QED) is 0.766. The molecule has 6 nitrogen and oxygen atoms in total. The van der Waals surface area contributed by atoms with Crippen LogP contribution in [0, 0.1) is 0 Å². The summed E-state index contributed by atoms with van der Waals surface area (Å²) in [6.07, 6.45) is 0.982. The van der Waals surface area contributed by atoms with Crippen molar-refractivity contribution in [1.29, 1.82) is 0 Å². The summed E-state index contributed by atoms with van der Waals surface area (Å²) >= 11 is 5.85. The lowest BCUT2D eigenvalue weighted by molar-refractivity contribution is -0.138. The minimum atomic E-state index is -3.68. The molecule has 0 aromatic heterocycles. The van der Waals surface area contributed by atoms with Crippen molar-refractivity contribution >= 4 is 33.3 Å². The van der Waals surface area contributed by atoms with Gasteiger partial charge in [0.15, 0.2) is 0 Å². The van der Waals surface area contributed by atoms with E-state index in [0.29, 0.717) is 10.8 Å². The van der Waals surface area contributed by atoms with Gasteiger partial charge in [-0.3, -0.25) is 9.10 Å². The molecule has 106 valence electrons. The lowest BCUT2D eigenvalue weighted by Crippen LogP contribution is -2.35. The zero-order valence-corrected chi connectivity index (χ0v) is 12.3. The van der Waals surface area contributed by atoms with Gasteiger partial charge in [0.25, 0.3) is 0 Å². The van der Waals surface area contributed by atoms with E-state index in [9.17, 15) is 13.2 Å². The molecule has 0 N–H and O–H groups in total. The third kappa shape index (κ3) is 4.00. The molecule has 0 unspecified atom stereocenters. The highest BCUT2D eigenvalue weighted by Gasteiger charge is 2.24. The molecule has 0 atom stereocenters. The summed E-state index contributed by atoms with van der Waals surface area (Å²) in [6, 6.07) is 4.49. The Hall–Kier alpha value is -1.47. The standard InChI is InChI=1S/C11H14ClNO5S/c1-17-10-5-4-8(12)6-9(10)13(19(3,15)16)7-11(14)18-2/h4-6H,7H2,1-3H3. The highest BCUT2D eigenvalue weighted by molar-refractivity contribution is 7.92. The highest BCUT2D eigenvalue weighted by Crippen LogP contribution is 2.32. The summed E-state index contributed by atoms with van der Waals surface area (Å²) in [5.74, 6) is -0.397. The number of rotatable bonds is 5. The Balaban J connectivity index is 3.32. The fourth-order valence-corrected chi connectivity index (χ4v) is 2.43. The number of ether oxygens (including phenoxy) is 2. The molecule has 0 heterocycles. The molecule has 0 saturated carbocycles. The Morgan fingerprint density at radius 1 is 1.37 bits per heavy atom. The number of benzene rings is 1. The number of hydrogen-bond donors (Lipinski definition) is 0. The van der Waals surface area contributed by atoms with Gasteiger partial charge in [-0.1, -0.05) is 11.6 Å². The minimum absolute atomic E-state index is 0.183. The van der Waals surface area contributed by atoms with Gasteiger partial charge < -0.3 is 9.47 Å². The number of hydrogen-bond acceptors (Lipinski definition) is 5. The molecule has 0 spiro atoms. The van der Waals surface area contributed by atoms with Crippen LogP contribution < -0.4 is 9.04 Å². The van der Waals surface area contributed by atoms with Gasteiger partial charge in [0.05, 0.1) is 26.2 Å². The van der Waals surface area contributed by atoms with Gasteiger partial charge in [-0.05, 0) is 18.2 Å². The number of sulfonamides is 1. The van der Waals surface area contributed by atoms with Gasteiger partial charge in [0.2, 0.25) is 10.0 Å². The van der Waals surface area contributed by atoms with Crippen LogP contribution in [0.5, 0.6) is 5.75 Å². The van der Waals surface area contributed by atoms with Crippen LogP contribution in [-0.4, -0.2) is 41.4 Å². The van der Waals surface area contributed by atoms with Crippen LogP contribution in [0.25, 0.3) is 0 Å². The van der Waals surface area contributed by atoms with E-state index >= 15 is 0 Å². The normalized spacial score (nSPS) is 10.9. The third-order valence-electron chi connectivity index (χ3n) is 2.31. The Bertz CT molecular complexity index is 572. The first-order chi connectivity index (χ1) is 8.79. The molecule has 1 aromatic rings. The van der Waals surface area contributed by atoms with Crippen molar-refractivity contribution in [3.05, 3.63) is 23.2 Å². The Kier molecular flexibility index (Phi) is 5.02. The van der Waals surface area contributed by atoms with E-state index in [0.717, 1.165) is 10.6 Å². The van der Waals surface area contributed by atoms with Crippen molar-refractivity contribution in [3.8, 4) is 5.75 Å².